The van der Waals surface area contributed by atoms with Crippen LogP contribution in [-0.4, -0.2) is 40.3 Å². The Kier molecular flexibility index (Phi) is 6.36. The third kappa shape index (κ3) is 4.26. The lowest BCUT2D eigenvalue weighted by Gasteiger charge is -2.19. The van der Waals surface area contributed by atoms with Gasteiger partial charge in [-0.15, -0.1) is 0 Å². The zero-order valence-corrected chi connectivity index (χ0v) is 18.0. The first kappa shape index (κ1) is 20.2. The quantitative estimate of drug-likeness (QED) is 0.486. The van der Waals surface area contributed by atoms with Crippen molar-refractivity contribution in [1.82, 2.24) is 14.5 Å². The van der Waals surface area contributed by atoms with Gasteiger partial charge >= 0.3 is 0 Å². The Morgan fingerprint density at radius 1 is 1.14 bits per heavy atom. The molecule has 0 spiro atoms. The minimum Gasteiger partial charge on any atom is -0.376 e. The second-order valence-corrected chi connectivity index (χ2v) is 7.96. The molecule has 1 saturated carbocycles. The van der Waals surface area contributed by atoms with E-state index in [1.165, 1.54) is 25.7 Å². The molecule has 0 atom stereocenters. The molecule has 1 fully saturated rings. The van der Waals surface area contributed by atoms with Crippen LogP contribution < -0.4 is 4.90 Å². The van der Waals surface area contributed by atoms with Gasteiger partial charge in [-0.2, -0.15) is 0 Å². The highest BCUT2D eigenvalue weighted by atomic mass is 35.5. The zero-order chi connectivity index (χ0) is 20.2. The van der Waals surface area contributed by atoms with Crippen LogP contribution in [0.4, 0.5) is 5.82 Å². The summed E-state index contributed by atoms with van der Waals surface area (Å²) >= 11 is 6.44. The number of rotatable bonds is 8. The molecule has 3 aromatic rings. The molecule has 2 aromatic heterocycles. The molecular formula is C23H29ClN4O. The van der Waals surface area contributed by atoms with E-state index in [0.29, 0.717) is 17.7 Å². The maximum absolute atomic E-state index is 6.44. The van der Waals surface area contributed by atoms with E-state index < -0.39 is 0 Å². The number of para-hydroxylation sites is 1. The van der Waals surface area contributed by atoms with Crippen molar-refractivity contribution in [1.29, 1.82) is 0 Å². The van der Waals surface area contributed by atoms with Crippen LogP contribution >= 0.6 is 11.6 Å². The SMILES string of the molecule is CCN(CC)c1ccc(-c2nc3c(Cl)cccc3n2CCOC2CCCC2)cn1. The van der Waals surface area contributed by atoms with Crippen LogP contribution in [0.5, 0.6) is 0 Å². The summed E-state index contributed by atoms with van der Waals surface area (Å²) in [6, 6.07) is 10.1. The van der Waals surface area contributed by atoms with Crippen LogP contribution in [0.15, 0.2) is 36.5 Å². The standard InChI is InChI=1S/C23H29ClN4O/c1-3-27(4-2)21-13-12-17(16-25-21)23-26-22-19(24)10-7-11-20(22)28(23)14-15-29-18-8-5-6-9-18/h7,10-13,16,18H,3-6,8-9,14-15H2,1-2H3. The Labute approximate surface area is 177 Å². The molecule has 29 heavy (non-hydrogen) atoms. The van der Waals surface area contributed by atoms with E-state index in [4.69, 9.17) is 21.3 Å². The van der Waals surface area contributed by atoms with Crippen LogP contribution in [0.2, 0.25) is 5.02 Å². The molecule has 0 unspecified atom stereocenters. The van der Waals surface area contributed by atoms with Gasteiger partial charge in [-0.05, 0) is 51.0 Å². The number of pyridine rings is 1. The highest BCUT2D eigenvalue weighted by molar-refractivity contribution is 6.35. The highest BCUT2D eigenvalue weighted by Crippen LogP contribution is 2.30. The van der Waals surface area contributed by atoms with Crippen LogP contribution in [0.3, 0.4) is 0 Å². The number of nitrogens with zero attached hydrogens (tertiary/aromatic N) is 4. The van der Waals surface area contributed by atoms with E-state index in [1.54, 1.807) is 0 Å². The molecule has 4 rings (SSSR count). The van der Waals surface area contributed by atoms with Crippen LogP contribution in [0.1, 0.15) is 39.5 Å². The summed E-state index contributed by atoms with van der Waals surface area (Å²) in [6.07, 6.45) is 7.25. The fraction of sp³-hybridized carbons (Fsp3) is 0.478. The molecule has 2 heterocycles. The Morgan fingerprint density at radius 2 is 1.93 bits per heavy atom. The van der Waals surface area contributed by atoms with Crippen molar-refractivity contribution < 1.29 is 4.74 Å². The van der Waals surface area contributed by atoms with Crippen LogP contribution in [0.25, 0.3) is 22.4 Å². The van der Waals surface area contributed by atoms with Gasteiger partial charge in [-0.25, -0.2) is 9.97 Å². The van der Waals surface area contributed by atoms with Crippen molar-refractivity contribution in [3.8, 4) is 11.4 Å². The van der Waals surface area contributed by atoms with Crippen LogP contribution in [-0.2, 0) is 11.3 Å². The Morgan fingerprint density at radius 3 is 2.62 bits per heavy atom. The van der Waals surface area contributed by atoms with E-state index in [1.807, 2.05) is 18.3 Å². The van der Waals surface area contributed by atoms with Gasteiger partial charge in [0.15, 0.2) is 0 Å². The fourth-order valence-electron chi connectivity index (χ4n) is 4.18. The second kappa shape index (κ2) is 9.14. The van der Waals surface area contributed by atoms with E-state index in [-0.39, 0.29) is 0 Å². The van der Waals surface area contributed by atoms with Crippen molar-refractivity contribution in [3.05, 3.63) is 41.6 Å². The maximum Gasteiger partial charge on any atom is 0.142 e. The Bertz CT molecular complexity index is 943. The molecule has 1 aromatic carbocycles. The molecule has 0 N–H and O–H groups in total. The van der Waals surface area contributed by atoms with Crippen molar-refractivity contribution in [2.24, 2.45) is 0 Å². The van der Waals surface area contributed by atoms with Crippen molar-refractivity contribution in [2.45, 2.75) is 52.2 Å². The third-order valence-electron chi connectivity index (χ3n) is 5.79. The Balaban J connectivity index is 1.64. The highest BCUT2D eigenvalue weighted by Gasteiger charge is 2.18. The molecule has 0 bridgehead atoms. The molecule has 1 aliphatic carbocycles. The Hall–Kier alpha value is -2.11. The van der Waals surface area contributed by atoms with Crippen molar-refractivity contribution in [3.63, 3.8) is 0 Å². The minimum atomic E-state index is 0.409. The van der Waals surface area contributed by atoms with Crippen molar-refractivity contribution in [2.75, 3.05) is 24.6 Å². The largest absolute Gasteiger partial charge is 0.376 e. The summed E-state index contributed by atoms with van der Waals surface area (Å²) in [7, 11) is 0. The lowest BCUT2D eigenvalue weighted by Crippen LogP contribution is -2.22. The molecule has 0 radical (unpaired) electrons. The number of aromatic nitrogens is 3. The first-order valence-electron chi connectivity index (χ1n) is 10.7. The molecule has 0 amide bonds. The minimum absolute atomic E-state index is 0.409. The average molecular weight is 413 g/mol. The molecule has 5 nitrogen and oxygen atoms in total. The summed E-state index contributed by atoms with van der Waals surface area (Å²) < 4.78 is 8.33. The maximum atomic E-state index is 6.44. The molecule has 1 aliphatic rings. The second-order valence-electron chi connectivity index (χ2n) is 7.55. The first-order chi connectivity index (χ1) is 14.2. The van der Waals surface area contributed by atoms with Gasteiger partial charge in [0.25, 0.3) is 0 Å². The summed E-state index contributed by atoms with van der Waals surface area (Å²) in [4.78, 5) is 11.8. The molecular weight excluding hydrogens is 384 g/mol. The number of imidazole rings is 1. The number of halogens is 1. The van der Waals surface area contributed by atoms with Gasteiger partial charge in [0.1, 0.15) is 17.2 Å². The van der Waals surface area contributed by atoms with Gasteiger partial charge in [-0.3, -0.25) is 0 Å². The van der Waals surface area contributed by atoms with Gasteiger partial charge in [0.05, 0.1) is 23.3 Å². The van der Waals surface area contributed by atoms with E-state index in [0.717, 1.165) is 47.9 Å². The fourth-order valence-corrected chi connectivity index (χ4v) is 4.39. The van der Waals surface area contributed by atoms with Crippen LogP contribution in [0, 0.1) is 0 Å². The topological polar surface area (TPSA) is 43.2 Å². The number of anilines is 1. The monoisotopic (exact) mass is 412 g/mol. The number of benzene rings is 1. The predicted octanol–water partition coefficient (Wildman–Crippen LogP) is 5.56. The van der Waals surface area contributed by atoms with Gasteiger partial charge in [-0.1, -0.05) is 30.5 Å². The summed E-state index contributed by atoms with van der Waals surface area (Å²) in [5, 5.41) is 0.673. The summed E-state index contributed by atoms with van der Waals surface area (Å²) in [5.41, 5.74) is 2.86. The van der Waals surface area contributed by atoms with Gasteiger partial charge < -0.3 is 14.2 Å². The molecule has 0 saturated heterocycles. The third-order valence-corrected chi connectivity index (χ3v) is 6.10. The zero-order valence-electron chi connectivity index (χ0n) is 17.3. The average Bonchev–Trinajstić information content (AvgIpc) is 3.39. The molecule has 6 heteroatoms. The van der Waals surface area contributed by atoms with E-state index >= 15 is 0 Å². The first-order valence-corrected chi connectivity index (χ1v) is 11.1. The molecule has 154 valence electrons. The smallest absolute Gasteiger partial charge is 0.142 e. The predicted molar refractivity (Wildman–Crippen MR) is 120 cm³/mol. The van der Waals surface area contributed by atoms with Gasteiger partial charge in [0.2, 0.25) is 0 Å². The summed E-state index contributed by atoms with van der Waals surface area (Å²) in [6.45, 7) is 7.60. The number of ether oxygens (including phenoxy) is 1. The normalized spacial score (nSPS) is 14.7. The lowest BCUT2D eigenvalue weighted by atomic mass is 10.2. The summed E-state index contributed by atoms with van der Waals surface area (Å²) in [5.74, 6) is 1.88. The number of fused-ring (bicyclic) bond motifs is 1. The molecule has 0 aliphatic heterocycles. The lowest BCUT2D eigenvalue weighted by molar-refractivity contribution is 0.0536. The van der Waals surface area contributed by atoms with E-state index in [2.05, 4.69) is 46.5 Å². The van der Waals surface area contributed by atoms with E-state index in [9.17, 15) is 0 Å². The number of hydrogen-bond acceptors (Lipinski definition) is 4. The number of hydrogen-bond donors (Lipinski definition) is 0. The van der Waals surface area contributed by atoms with Crippen molar-refractivity contribution >= 4 is 28.5 Å². The van der Waals surface area contributed by atoms with Gasteiger partial charge in [0, 0.05) is 31.4 Å².